The van der Waals surface area contributed by atoms with E-state index < -0.39 is 11.4 Å². The van der Waals surface area contributed by atoms with Crippen LogP contribution in [0.5, 0.6) is 11.5 Å². The van der Waals surface area contributed by atoms with Gasteiger partial charge in [-0.1, -0.05) is 39.1 Å². The molecule has 1 amide bonds. The predicted molar refractivity (Wildman–Crippen MR) is 150 cm³/mol. The highest BCUT2D eigenvalue weighted by atomic mass is 79.9. The largest absolute Gasteiger partial charge is 0.489 e. The number of carbonyl (C=O) groups is 1. The van der Waals surface area contributed by atoms with Crippen LogP contribution in [0.15, 0.2) is 30.6 Å². The zero-order chi connectivity index (χ0) is 27.4. The monoisotopic (exact) mass is 628 g/mol. The van der Waals surface area contributed by atoms with Crippen molar-refractivity contribution in [1.29, 1.82) is 0 Å². The van der Waals surface area contributed by atoms with E-state index in [0.717, 1.165) is 0 Å². The molecule has 0 bridgehead atoms. The van der Waals surface area contributed by atoms with Gasteiger partial charge in [-0.05, 0) is 39.0 Å². The van der Waals surface area contributed by atoms with Gasteiger partial charge in [-0.15, -0.1) is 0 Å². The van der Waals surface area contributed by atoms with Gasteiger partial charge >= 0.3 is 6.09 Å². The molecule has 2 aromatic carbocycles. The van der Waals surface area contributed by atoms with Crippen LogP contribution >= 0.6 is 39.1 Å². The smallest absolute Gasteiger partial charge is 0.410 e. The van der Waals surface area contributed by atoms with E-state index in [1.165, 1.54) is 18.5 Å². The second-order valence-corrected chi connectivity index (χ2v) is 11.3. The van der Waals surface area contributed by atoms with E-state index in [1.54, 1.807) is 17.0 Å². The number of alkyl halides is 1. The quantitative estimate of drug-likeness (QED) is 0.216. The van der Waals surface area contributed by atoms with Gasteiger partial charge in [0.05, 0.1) is 27.9 Å². The number of carbonyl (C=O) groups excluding carboxylic acids is 1. The van der Waals surface area contributed by atoms with Gasteiger partial charge in [0.25, 0.3) is 0 Å². The number of benzene rings is 2. The molecule has 0 radical (unpaired) electrons. The average Bonchev–Trinajstić information content (AvgIpc) is 2.87. The molecule has 4 rings (SSSR count). The van der Waals surface area contributed by atoms with Crippen molar-refractivity contribution >= 4 is 67.6 Å². The molecule has 2 heterocycles. The molecular formula is C26H28BrCl2FN4O4. The zero-order valence-electron chi connectivity index (χ0n) is 21.2. The molecule has 1 aromatic heterocycles. The molecule has 38 heavy (non-hydrogen) atoms. The van der Waals surface area contributed by atoms with Crippen LogP contribution in [0.1, 0.15) is 33.6 Å². The number of nitrogens with one attached hydrogen (secondary N) is 1. The molecule has 3 aromatic rings. The Morgan fingerprint density at radius 1 is 1.18 bits per heavy atom. The summed E-state index contributed by atoms with van der Waals surface area (Å²) in [6, 6.07) is 6.53. The summed E-state index contributed by atoms with van der Waals surface area (Å²) in [7, 11) is 0. The molecule has 1 fully saturated rings. The van der Waals surface area contributed by atoms with Crippen molar-refractivity contribution in [3.63, 3.8) is 0 Å². The first-order valence-electron chi connectivity index (χ1n) is 12.1. The number of fused-ring (bicyclic) bond motifs is 1. The Morgan fingerprint density at radius 3 is 2.61 bits per heavy atom. The number of halogens is 4. The average molecular weight is 630 g/mol. The molecule has 0 spiro atoms. The van der Waals surface area contributed by atoms with Gasteiger partial charge in [-0.3, -0.25) is 0 Å². The molecule has 1 N–H and O–H groups in total. The Morgan fingerprint density at radius 2 is 1.92 bits per heavy atom. The summed E-state index contributed by atoms with van der Waals surface area (Å²) in [5.74, 6) is 0.707. The lowest BCUT2D eigenvalue weighted by Crippen LogP contribution is -2.44. The van der Waals surface area contributed by atoms with Gasteiger partial charge in [-0.2, -0.15) is 0 Å². The number of likely N-dealkylation sites (tertiary alicyclic amines) is 1. The van der Waals surface area contributed by atoms with E-state index in [-0.39, 0.29) is 27.9 Å². The van der Waals surface area contributed by atoms with Crippen molar-refractivity contribution in [2.75, 3.05) is 30.3 Å². The number of piperidine rings is 1. The Bertz CT molecular complexity index is 1320. The van der Waals surface area contributed by atoms with Crippen molar-refractivity contribution < 1.29 is 23.4 Å². The van der Waals surface area contributed by atoms with Crippen LogP contribution in [0.25, 0.3) is 10.9 Å². The number of anilines is 2. The fourth-order valence-electron chi connectivity index (χ4n) is 3.93. The summed E-state index contributed by atoms with van der Waals surface area (Å²) in [6.07, 6.45) is 2.15. The van der Waals surface area contributed by atoms with Crippen molar-refractivity contribution in [2.45, 2.75) is 45.3 Å². The van der Waals surface area contributed by atoms with Crippen LogP contribution in [0.3, 0.4) is 0 Å². The molecule has 204 valence electrons. The predicted octanol–water partition coefficient (Wildman–Crippen LogP) is 7.37. The van der Waals surface area contributed by atoms with E-state index >= 15 is 0 Å². The van der Waals surface area contributed by atoms with Gasteiger partial charge in [0.2, 0.25) is 0 Å². The molecule has 1 aliphatic heterocycles. The lowest BCUT2D eigenvalue weighted by molar-refractivity contribution is 0.0124. The third-order valence-electron chi connectivity index (χ3n) is 5.71. The first kappa shape index (κ1) is 28.4. The number of aromatic nitrogens is 2. The van der Waals surface area contributed by atoms with Crippen LogP contribution in [-0.4, -0.2) is 57.7 Å². The van der Waals surface area contributed by atoms with Gasteiger partial charge in [-0.25, -0.2) is 19.2 Å². The summed E-state index contributed by atoms with van der Waals surface area (Å²) in [5, 5.41) is 4.15. The number of hydrogen-bond acceptors (Lipinski definition) is 7. The van der Waals surface area contributed by atoms with Gasteiger partial charge in [0.1, 0.15) is 23.9 Å². The lowest BCUT2D eigenvalue weighted by Gasteiger charge is -2.33. The van der Waals surface area contributed by atoms with Crippen molar-refractivity contribution in [3.8, 4) is 11.5 Å². The number of ether oxygens (including phenoxy) is 3. The fraction of sp³-hybridized carbons (Fsp3) is 0.423. The zero-order valence-corrected chi connectivity index (χ0v) is 24.3. The van der Waals surface area contributed by atoms with E-state index in [9.17, 15) is 9.18 Å². The lowest BCUT2D eigenvalue weighted by atomic mass is 10.1. The Hall–Kier alpha value is -2.56. The molecule has 12 heteroatoms. The first-order chi connectivity index (χ1) is 18.1. The van der Waals surface area contributed by atoms with Crippen molar-refractivity contribution in [2.24, 2.45) is 0 Å². The number of amides is 1. The third kappa shape index (κ3) is 6.90. The van der Waals surface area contributed by atoms with Crippen molar-refractivity contribution in [1.82, 2.24) is 14.9 Å². The summed E-state index contributed by atoms with van der Waals surface area (Å²) in [4.78, 5) is 22.8. The molecule has 1 aliphatic rings. The highest BCUT2D eigenvalue weighted by molar-refractivity contribution is 9.09. The molecule has 0 aliphatic carbocycles. The molecule has 0 unspecified atom stereocenters. The van der Waals surface area contributed by atoms with Gasteiger partial charge in [0.15, 0.2) is 17.3 Å². The summed E-state index contributed by atoms with van der Waals surface area (Å²) in [5.41, 5.74) is 0.154. The van der Waals surface area contributed by atoms with Crippen LogP contribution in [0, 0.1) is 5.82 Å². The third-order valence-corrected chi connectivity index (χ3v) is 6.82. The summed E-state index contributed by atoms with van der Waals surface area (Å²) < 4.78 is 32.5. The number of nitrogens with zero attached hydrogens (tertiary/aromatic N) is 3. The van der Waals surface area contributed by atoms with E-state index in [4.69, 9.17) is 37.4 Å². The van der Waals surface area contributed by atoms with Crippen LogP contribution in [0.4, 0.5) is 20.7 Å². The maximum Gasteiger partial charge on any atom is 0.410 e. The summed E-state index contributed by atoms with van der Waals surface area (Å²) in [6.45, 7) is 6.98. The summed E-state index contributed by atoms with van der Waals surface area (Å²) >= 11 is 15.3. The maximum atomic E-state index is 14.7. The fourth-order valence-corrected chi connectivity index (χ4v) is 4.40. The van der Waals surface area contributed by atoms with Crippen LogP contribution < -0.4 is 14.8 Å². The molecule has 0 saturated carbocycles. The first-order valence-corrected chi connectivity index (χ1v) is 14.0. The molecule has 0 atom stereocenters. The minimum atomic E-state index is -0.684. The standard InChI is InChI=1S/C26H28BrCl2FN4O4/c1-26(2,3)38-25(35)34-9-6-15(7-10-34)37-21-12-16-19(13-20(21)36-11-8-27)31-14-32-24(16)33-18-5-4-17(28)22(29)23(18)30/h4-5,12-15H,6-11H2,1-3H3,(H,31,32,33). The second kappa shape index (κ2) is 12.1. The minimum absolute atomic E-state index is 0.115. The van der Waals surface area contributed by atoms with E-state index in [0.29, 0.717) is 66.1 Å². The number of rotatable bonds is 7. The van der Waals surface area contributed by atoms with Crippen LogP contribution in [0.2, 0.25) is 10.0 Å². The minimum Gasteiger partial charge on any atom is -0.489 e. The highest BCUT2D eigenvalue weighted by Crippen LogP contribution is 2.38. The van der Waals surface area contributed by atoms with Gasteiger partial charge in [0, 0.05) is 42.7 Å². The molecular weight excluding hydrogens is 602 g/mol. The topological polar surface area (TPSA) is 85.8 Å². The van der Waals surface area contributed by atoms with Crippen LogP contribution in [-0.2, 0) is 4.74 Å². The SMILES string of the molecule is CC(C)(C)OC(=O)N1CCC(Oc2cc3c(Nc4ccc(Cl)c(Cl)c4F)ncnc3cc2OCCBr)CC1. The second-order valence-electron chi connectivity index (χ2n) is 9.71. The maximum absolute atomic E-state index is 14.7. The van der Waals surface area contributed by atoms with E-state index in [1.807, 2.05) is 20.8 Å². The van der Waals surface area contributed by atoms with Crippen molar-refractivity contribution in [3.05, 3.63) is 46.5 Å². The molecule has 1 saturated heterocycles. The molecule has 8 nitrogen and oxygen atoms in total. The number of hydrogen-bond donors (Lipinski definition) is 1. The normalized spacial score (nSPS) is 14.4. The highest BCUT2D eigenvalue weighted by Gasteiger charge is 2.28. The van der Waals surface area contributed by atoms with Gasteiger partial charge < -0.3 is 24.4 Å². The Kier molecular flexibility index (Phi) is 9.05. The Balaban J connectivity index is 1.58. The Labute approximate surface area is 238 Å². The van der Waals surface area contributed by atoms with E-state index in [2.05, 4.69) is 31.2 Å².